The summed E-state index contributed by atoms with van der Waals surface area (Å²) in [5.41, 5.74) is 4.63. The van der Waals surface area contributed by atoms with E-state index in [1.807, 2.05) is 24.0 Å². The molecular formula is C26H32N8O. The summed E-state index contributed by atoms with van der Waals surface area (Å²) in [7, 11) is 2.00. The first-order chi connectivity index (χ1) is 17.1. The van der Waals surface area contributed by atoms with Crippen LogP contribution in [0.2, 0.25) is 0 Å². The van der Waals surface area contributed by atoms with Gasteiger partial charge in [0.2, 0.25) is 0 Å². The molecular weight excluding hydrogens is 440 g/mol. The maximum atomic E-state index is 13.8. The van der Waals surface area contributed by atoms with Crippen molar-refractivity contribution in [3.63, 3.8) is 0 Å². The number of carbonyl (C=O) groups excluding carboxylic acids is 1. The van der Waals surface area contributed by atoms with Crippen molar-refractivity contribution in [3.05, 3.63) is 29.8 Å². The summed E-state index contributed by atoms with van der Waals surface area (Å²) in [6.07, 6.45) is 8.79. The van der Waals surface area contributed by atoms with Crippen molar-refractivity contribution < 1.29 is 4.79 Å². The Morgan fingerprint density at radius 1 is 1.09 bits per heavy atom. The zero-order valence-corrected chi connectivity index (χ0v) is 20.7. The minimum atomic E-state index is 0.149. The van der Waals surface area contributed by atoms with E-state index >= 15 is 0 Å². The van der Waals surface area contributed by atoms with Crippen LogP contribution in [0.4, 0.5) is 11.6 Å². The highest BCUT2D eigenvalue weighted by molar-refractivity contribution is 6.10. The summed E-state index contributed by atoms with van der Waals surface area (Å²) >= 11 is 0. The highest BCUT2D eigenvalue weighted by Gasteiger charge is 2.43. The van der Waals surface area contributed by atoms with Crippen molar-refractivity contribution in [3.8, 4) is 0 Å². The molecule has 0 unspecified atom stereocenters. The van der Waals surface area contributed by atoms with Gasteiger partial charge in [-0.1, -0.05) is 0 Å². The lowest BCUT2D eigenvalue weighted by atomic mass is 10.2. The topological polar surface area (TPSA) is 85.8 Å². The van der Waals surface area contributed by atoms with E-state index in [-0.39, 0.29) is 5.91 Å². The molecule has 9 heteroatoms. The van der Waals surface area contributed by atoms with Crippen molar-refractivity contribution in [2.24, 2.45) is 7.05 Å². The van der Waals surface area contributed by atoms with Gasteiger partial charge >= 0.3 is 0 Å². The second kappa shape index (κ2) is 7.57. The highest BCUT2D eigenvalue weighted by Crippen LogP contribution is 2.42. The van der Waals surface area contributed by atoms with Crippen LogP contribution in [0.25, 0.3) is 22.1 Å². The Morgan fingerprint density at radius 2 is 1.83 bits per heavy atom. The maximum Gasteiger partial charge on any atom is 0.271 e. The molecule has 9 nitrogen and oxygen atoms in total. The third-order valence-corrected chi connectivity index (χ3v) is 7.71. The first-order valence-corrected chi connectivity index (χ1v) is 13.1. The molecule has 7 rings (SSSR count). The van der Waals surface area contributed by atoms with Crippen LogP contribution in [-0.2, 0) is 20.1 Å². The van der Waals surface area contributed by atoms with E-state index in [1.54, 1.807) is 0 Å². The fraction of sp³-hybridized carbons (Fsp3) is 0.538. The van der Waals surface area contributed by atoms with Crippen LogP contribution < -0.4 is 5.32 Å². The molecule has 0 spiro atoms. The Bertz CT molecular complexity index is 1450. The van der Waals surface area contributed by atoms with E-state index < -0.39 is 0 Å². The van der Waals surface area contributed by atoms with Gasteiger partial charge in [-0.2, -0.15) is 5.10 Å². The molecule has 4 aromatic heterocycles. The quantitative estimate of drug-likeness (QED) is 0.407. The van der Waals surface area contributed by atoms with Crippen molar-refractivity contribution in [1.82, 2.24) is 33.8 Å². The average Bonchev–Trinajstić information content (AvgIpc) is 3.77. The minimum absolute atomic E-state index is 0.149. The first-order valence-electron chi connectivity index (χ1n) is 13.1. The van der Waals surface area contributed by atoms with Crippen LogP contribution in [0, 0.1) is 0 Å². The van der Waals surface area contributed by atoms with E-state index in [2.05, 4.69) is 44.4 Å². The monoisotopic (exact) mass is 472 g/mol. The Balaban J connectivity index is 1.35. The van der Waals surface area contributed by atoms with E-state index in [0.29, 0.717) is 30.4 Å². The van der Waals surface area contributed by atoms with Gasteiger partial charge in [0, 0.05) is 55.3 Å². The lowest BCUT2D eigenvalue weighted by Gasteiger charge is -2.22. The molecule has 3 aliphatic rings. The number of carbonyl (C=O) groups is 1. The number of amides is 1. The largest absolute Gasteiger partial charge is 0.333 e. The van der Waals surface area contributed by atoms with Crippen LogP contribution in [0.3, 0.4) is 0 Å². The predicted molar refractivity (Wildman–Crippen MR) is 135 cm³/mol. The summed E-state index contributed by atoms with van der Waals surface area (Å²) in [5.74, 6) is 2.25. The molecule has 182 valence electrons. The van der Waals surface area contributed by atoms with E-state index in [4.69, 9.17) is 10.1 Å². The van der Waals surface area contributed by atoms with Crippen LogP contribution >= 0.6 is 0 Å². The Morgan fingerprint density at radius 3 is 2.46 bits per heavy atom. The molecule has 0 radical (unpaired) electrons. The van der Waals surface area contributed by atoms with Crippen LogP contribution in [0.5, 0.6) is 0 Å². The molecule has 4 heterocycles. The normalized spacial score (nSPS) is 18.0. The Labute approximate surface area is 204 Å². The van der Waals surface area contributed by atoms with Crippen molar-refractivity contribution >= 4 is 39.6 Å². The van der Waals surface area contributed by atoms with Crippen molar-refractivity contribution in [2.75, 3.05) is 5.32 Å². The van der Waals surface area contributed by atoms with Crippen molar-refractivity contribution in [1.29, 1.82) is 0 Å². The average molecular weight is 473 g/mol. The van der Waals surface area contributed by atoms with Gasteiger partial charge in [-0.3, -0.25) is 9.48 Å². The molecule has 0 aliphatic heterocycles. The summed E-state index contributed by atoms with van der Waals surface area (Å²) in [6.45, 7) is 5.74. The highest BCUT2D eigenvalue weighted by atomic mass is 16.2. The molecule has 3 saturated carbocycles. The Hall–Kier alpha value is -3.36. The van der Waals surface area contributed by atoms with Crippen LogP contribution in [0.1, 0.15) is 74.5 Å². The second-order valence-corrected chi connectivity index (χ2v) is 10.4. The number of nitrogens with one attached hydrogen (secondary N) is 1. The van der Waals surface area contributed by atoms with Crippen LogP contribution in [-0.4, -0.2) is 51.8 Å². The molecule has 35 heavy (non-hydrogen) atoms. The smallest absolute Gasteiger partial charge is 0.271 e. The molecule has 0 saturated heterocycles. The first kappa shape index (κ1) is 21.0. The number of aromatic nitrogens is 6. The molecule has 4 aromatic rings. The van der Waals surface area contributed by atoms with Gasteiger partial charge < -0.3 is 19.4 Å². The lowest BCUT2D eigenvalue weighted by molar-refractivity contribution is 0.0719. The second-order valence-electron chi connectivity index (χ2n) is 10.4. The molecule has 1 amide bonds. The summed E-state index contributed by atoms with van der Waals surface area (Å²) in [6, 6.07) is 5.01. The fourth-order valence-corrected chi connectivity index (χ4v) is 5.54. The predicted octanol–water partition coefficient (Wildman–Crippen LogP) is 4.55. The SMILES string of the molecule is CCn1nc(Nc2nc3c(cc(C(=O)N(C4CC4)C4CC4)n3CC)c3c2ncn3C)cc1C1CC1. The van der Waals surface area contributed by atoms with Gasteiger partial charge in [0.1, 0.15) is 16.9 Å². The molecule has 3 fully saturated rings. The number of rotatable bonds is 8. The number of pyridine rings is 1. The van der Waals surface area contributed by atoms with Gasteiger partial charge in [0.25, 0.3) is 5.91 Å². The maximum absolute atomic E-state index is 13.8. The number of hydrogen-bond acceptors (Lipinski definition) is 5. The van der Waals surface area contributed by atoms with Gasteiger partial charge in [-0.25, -0.2) is 9.97 Å². The number of imidazole rings is 1. The summed E-state index contributed by atoms with van der Waals surface area (Å²) in [5, 5.41) is 9.24. The van der Waals surface area contributed by atoms with Gasteiger partial charge in [-0.05, 0) is 58.4 Å². The van der Waals surface area contributed by atoms with Crippen LogP contribution in [0.15, 0.2) is 18.5 Å². The molecule has 0 aromatic carbocycles. The standard InChI is InChI=1S/C26H32N8O/c1-4-32-20(26(35)34(16-8-9-16)17-10-11-17)12-18-23-22(27-14-31(23)3)24(29-25(18)32)28-21-13-19(15-6-7-15)33(5-2)30-21/h12-17H,4-11H2,1-3H3,(H,28,29,30). The number of anilines is 2. The molecule has 0 atom stereocenters. The third-order valence-electron chi connectivity index (χ3n) is 7.71. The van der Waals surface area contributed by atoms with E-state index in [9.17, 15) is 4.79 Å². The van der Waals surface area contributed by atoms with Crippen molar-refractivity contribution in [2.45, 2.75) is 83.5 Å². The zero-order valence-electron chi connectivity index (χ0n) is 20.7. The summed E-state index contributed by atoms with van der Waals surface area (Å²) < 4.78 is 6.19. The fourth-order valence-electron chi connectivity index (χ4n) is 5.54. The van der Waals surface area contributed by atoms with E-state index in [0.717, 1.165) is 65.8 Å². The molecule has 1 N–H and O–H groups in total. The number of hydrogen-bond donors (Lipinski definition) is 1. The Kier molecular flexibility index (Phi) is 4.53. The lowest BCUT2D eigenvalue weighted by Crippen LogP contribution is -2.36. The number of fused-ring (bicyclic) bond motifs is 3. The molecule has 0 bridgehead atoms. The van der Waals surface area contributed by atoms with Gasteiger partial charge in [0.15, 0.2) is 11.6 Å². The zero-order chi connectivity index (χ0) is 23.8. The third kappa shape index (κ3) is 3.35. The van der Waals surface area contributed by atoms with E-state index in [1.165, 1.54) is 18.5 Å². The summed E-state index contributed by atoms with van der Waals surface area (Å²) in [4.78, 5) is 25.6. The van der Waals surface area contributed by atoms with Gasteiger partial charge in [-0.15, -0.1) is 0 Å². The number of nitrogens with zero attached hydrogens (tertiary/aromatic N) is 7. The number of aryl methyl sites for hydroxylation is 3. The molecule has 3 aliphatic carbocycles. The van der Waals surface area contributed by atoms with Gasteiger partial charge in [0.05, 0.1) is 11.8 Å². The minimum Gasteiger partial charge on any atom is -0.333 e.